The Morgan fingerprint density at radius 1 is 1.05 bits per heavy atom. The SMILES string of the molecule is CC[C@H]1[C@@H](C=O)[C@@]1(C)c1ccc2c(c1)C(C)(C)CCC2(C)C. The highest BCUT2D eigenvalue weighted by atomic mass is 16.1. The Labute approximate surface area is 135 Å². The molecule has 22 heavy (non-hydrogen) atoms. The van der Waals surface area contributed by atoms with Crippen LogP contribution in [-0.4, -0.2) is 6.29 Å². The zero-order chi connectivity index (χ0) is 16.3. The number of aldehydes is 1. The van der Waals surface area contributed by atoms with Gasteiger partial charge < -0.3 is 4.79 Å². The van der Waals surface area contributed by atoms with Crippen LogP contribution in [0.2, 0.25) is 0 Å². The maximum atomic E-state index is 11.4. The molecule has 0 N–H and O–H groups in total. The first-order valence-corrected chi connectivity index (χ1v) is 8.79. The van der Waals surface area contributed by atoms with Crippen LogP contribution in [0.3, 0.4) is 0 Å². The van der Waals surface area contributed by atoms with E-state index in [1.165, 1.54) is 35.8 Å². The lowest BCUT2D eigenvalue weighted by Gasteiger charge is -2.42. The van der Waals surface area contributed by atoms with Gasteiger partial charge in [-0.25, -0.2) is 0 Å². The topological polar surface area (TPSA) is 17.1 Å². The number of rotatable bonds is 3. The van der Waals surface area contributed by atoms with Crippen LogP contribution in [0.25, 0.3) is 0 Å². The van der Waals surface area contributed by atoms with Crippen molar-refractivity contribution in [1.82, 2.24) is 0 Å². The summed E-state index contributed by atoms with van der Waals surface area (Å²) in [6, 6.07) is 7.08. The first-order valence-electron chi connectivity index (χ1n) is 8.79. The maximum Gasteiger partial charge on any atom is 0.124 e. The van der Waals surface area contributed by atoms with Gasteiger partial charge in [-0.15, -0.1) is 0 Å². The second kappa shape index (κ2) is 4.69. The minimum Gasteiger partial charge on any atom is -0.303 e. The molecular weight excluding hydrogens is 268 g/mol. The highest BCUT2D eigenvalue weighted by Crippen LogP contribution is 2.61. The van der Waals surface area contributed by atoms with Crippen molar-refractivity contribution < 1.29 is 4.79 Å². The summed E-state index contributed by atoms with van der Waals surface area (Å²) in [5, 5.41) is 0. The van der Waals surface area contributed by atoms with Gasteiger partial charge >= 0.3 is 0 Å². The van der Waals surface area contributed by atoms with Gasteiger partial charge in [-0.3, -0.25) is 0 Å². The zero-order valence-corrected chi connectivity index (χ0v) is 15.0. The number of carbonyl (C=O) groups excluding carboxylic acids is 1. The molecule has 1 aromatic carbocycles. The van der Waals surface area contributed by atoms with Crippen LogP contribution in [0.15, 0.2) is 18.2 Å². The lowest BCUT2D eigenvalue weighted by molar-refractivity contribution is -0.109. The Bertz CT molecular complexity index is 610. The minimum absolute atomic E-state index is 0.0587. The van der Waals surface area contributed by atoms with Crippen molar-refractivity contribution in [3.63, 3.8) is 0 Å². The first kappa shape index (κ1) is 15.8. The van der Waals surface area contributed by atoms with Gasteiger partial charge in [0.25, 0.3) is 0 Å². The first-order chi connectivity index (χ1) is 10.2. The smallest absolute Gasteiger partial charge is 0.124 e. The highest BCUT2D eigenvalue weighted by molar-refractivity contribution is 5.66. The van der Waals surface area contributed by atoms with E-state index in [0.29, 0.717) is 5.92 Å². The standard InChI is InChI=1S/C21H30O/c1-7-15-18(13-22)21(15,6)14-8-9-16-17(12-14)20(4,5)11-10-19(16,2)3/h8-9,12-13,15,18H,7,10-11H2,1-6H3/t15-,18+,21-/m0/s1. The summed E-state index contributed by atoms with van der Waals surface area (Å²) < 4.78 is 0. The van der Waals surface area contributed by atoms with Gasteiger partial charge in [0.1, 0.15) is 6.29 Å². The number of fused-ring (bicyclic) bond motifs is 1. The summed E-state index contributed by atoms with van der Waals surface area (Å²) in [4.78, 5) is 11.4. The summed E-state index contributed by atoms with van der Waals surface area (Å²) in [5.74, 6) is 0.720. The second-order valence-corrected chi connectivity index (χ2v) is 8.99. The van der Waals surface area contributed by atoms with Gasteiger partial charge in [0.05, 0.1) is 0 Å². The van der Waals surface area contributed by atoms with E-state index < -0.39 is 0 Å². The number of hydrogen-bond acceptors (Lipinski definition) is 1. The molecule has 1 fully saturated rings. The monoisotopic (exact) mass is 298 g/mol. The second-order valence-electron chi connectivity index (χ2n) is 8.99. The van der Waals surface area contributed by atoms with E-state index in [2.05, 4.69) is 59.7 Å². The van der Waals surface area contributed by atoms with E-state index in [1.807, 2.05) is 0 Å². The van der Waals surface area contributed by atoms with Crippen LogP contribution in [-0.2, 0) is 21.0 Å². The Hall–Kier alpha value is -1.11. The van der Waals surface area contributed by atoms with Crippen molar-refractivity contribution in [3.8, 4) is 0 Å². The summed E-state index contributed by atoms with van der Waals surface area (Å²) in [6.07, 6.45) is 4.76. The van der Waals surface area contributed by atoms with Crippen molar-refractivity contribution in [2.45, 2.75) is 77.0 Å². The molecule has 0 aromatic heterocycles. The molecule has 0 spiro atoms. The Balaban J connectivity index is 2.10. The molecule has 1 heteroatoms. The fourth-order valence-corrected chi connectivity index (χ4v) is 4.88. The Kier molecular flexibility index (Phi) is 3.36. The van der Waals surface area contributed by atoms with Crippen molar-refractivity contribution in [3.05, 3.63) is 34.9 Å². The van der Waals surface area contributed by atoms with Gasteiger partial charge in [0.15, 0.2) is 0 Å². The number of hydrogen-bond donors (Lipinski definition) is 0. The Morgan fingerprint density at radius 2 is 1.64 bits per heavy atom. The molecule has 3 rings (SSSR count). The summed E-state index contributed by atoms with van der Waals surface area (Å²) >= 11 is 0. The van der Waals surface area contributed by atoms with Gasteiger partial charge in [-0.2, -0.15) is 0 Å². The zero-order valence-electron chi connectivity index (χ0n) is 15.0. The van der Waals surface area contributed by atoms with Crippen molar-refractivity contribution in [1.29, 1.82) is 0 Å². The molecule has 3 atom stereocenters. The fraction of sp³-hybridized carbons (Fsp3) is 0.667. The van der Waals surface area contributed by atoms with E-state index in [4.69, 9.17) is 0 Å². The molecule has 0 heterocycles. The molecular formula is C21H30O. The summed E-state index contributed by atoms with van der Waals surface area (Å²) in [5.41, 5.74) is 4.96. The Morgan fingerprint density at radius 3 is 2.14 bits per heavy atom. The predicted molar refractivity (Wildman–Crippen MR) is 92.4 cm³/mol. The quantitative estimate of drug-likeness (QED) is 0.705. The lowest BCUT2D eigenvalue weighted by Crippen LogP contribution is -2.34. The van der Waals surface area contributed by atoms with Crippen LogP contribution < -0.4 is 0 Å². The molecule has 0 saturated heterocycles. The predicted octanol–water partition coefficient (Wildman–Crippen LogP) is 5.15. The van der Waals surface area contributed by atoms with Crippen LogP contribution in [0.5, 0.6) is 0 Å². The van der Waals surface area contributed by atoms with E-state index in [1.54, 1.807) is 0 Å². The minimum atomic E-state index is 0.0587. The normalized spacial score (nSPS) is 34.8. The van der Waals surface area contributed by atoms with E-state index in [9.17, 15) is 4.79 Å². The van der Waals surface area contributed by atoms with E-state index >= 15 is 0 Å². The molecule has 2 aliphatic rings. The summed E-state index contributed by atoms with van der Waals surface area (Å²) in [7, 11) is 0. The van der Waals surface area contributed by atoms with Crippen LogP contribution in [0, 0.1) is 11.8 Å². The molecule has 120 valence electrons. The van der Waals surface area contributed by atoms with Crippen LogP contribution >= 0.6 is 0 Å². The molecule has 0 bridgehead atoms. The third-order valence-electron chi connectivity index (χ3n) is 6.85. The van der Waals surface area contributed by atoms with Crippen molar-refractivity contribution >= 4 is 6.29 Å². The summed E-state index contributed by atoms with van der Waals surface area (Å²) in [6.45, 7) is 14.0. The number of carbonyl (C=O) groups is 1. The molecule has 0 unspecified atom stereocenters. The molecule has 1 nitrogen and oxygen atoms in total. The lowest BCUT2D eigenvalue weighted by atomic mass is 9.62. The van der Waals surface area contributed by atoms with Gasteiger partial charge in [0.2, 0.25) is 0 Å². The molecule has 0 radical (unpaired) electrons. The van der Waals surface area contributed by atoms with Crippen LogP contribution in [0.1, 0.15) is 77.5 Å². The third-order valence-corrected chi connectivity index (χ3v) is 6.85. The highest BCUT2D eigenvalue weighted by Gasteiger charge is 2.61. The average molecular weight is 298 g/mol. The maximum absolute atomic E-state index is 11.4. The fourth-order valence-electron chi connectivity index (χ4n) is 4.88. The van der Waals surface area contributed by atoms with E-state index in [-0.39, 0.29) is 22.2 Å². The van der Waals surface area contributed by atoms with Crippen molar-refractivity contribution in [2.24, 2.45) is 11.8 Å². The molecule has 0 aliphatic heterocycles. The van der Waals surface area contributed by atoms with Gasteiger partial charge in [0, 0.05) is 11.3 Å². The third kappa shape index (κ3) is 2.01. The van der Waals surface area contributed by atoms with Crippen molar-refractivity contribution in [2.75, 3.05) is 0 Å². The molecule has 0 amide bonds. The molecule has 1 saturated carbocycles. The number of benzene rings is 1. The largest absolute Gasteiger partial charge is 0.303 e. The van der Waals surface area contributed by atoms with Crippen LogP contribution in [0.4, 0.5) is 0 Å². The van der Waals surface area contributed by atoms with Gasteiger partial charge in [-0.05, 0) is 46.3 Å². The molecule has 2 aliphatic carbocycles. The van der Waals surface area contributed by atoms with E-state index in [0.717, 1.165) is 6.42 Å². The average Bonchev–Trinajstić information content (AvgIpc) is 3.09. The molecule has 1 aromatic rings. The van der Waals surface area contributed by atoms with Gasteiger partial charge in [-0.1, -0.05) is 66.2 Å².